The first-order chi connectivity index (χ1) is 4.36. The van der Waals surface area contributed by atoms with Crippen molar-refractivity contribution in [2.45, 2.75) is 0 Å². The largest absolute Gasteiger partial charge is 0.444 e. The van der Waals surface area contributed by atoms with Crippen LogP contribution in [0.4, 0.5) is 4.79 Å². The van der Waals surface area contributed by atoms with E-state index in [9.17, 15) is 4.79 Å². The molecule has 0 saturated carbocycles. The summed E-state index contributed by atoms with van der Waals surface area (Å²) in [5.41, 5.74) is 0. The smallest absolute Gasteiger partial charge is 0.420 e. The van der Waals surface area contributed by atoms with Crippen LogP contribution >= 0.6 is 0 Å². The monoisotopic (exact) mass is 122 g/mol. The topological polar surface area (TPSA) is 63.4 Å². The minimum absolute atomic E-state index is 0.222. The second-order valence-corrected chi connectivity index (χ2v) is 1.44. The van der Waals surface area contributed by atoms with Gasteiger partial charge in [0.15, 0.2) is 0 Å². The number of carbonyl (C=O) groups excluding carboxylic acids is 1. The number of rotatable bonds is 0. The van der Waals surface area contributed by atoms with Crippen molar-refractivity contribution in [2.75, 3.05) is 0 Å². The van der Waals surface area contributed by atoms with Gasteiger partial charge < -0.3 is 4.74 Å². The van der Waals surface area contributed by atoms with E-state index in [4.69, 9.17) is 0 Å². The molecule has 2 aliphatic rings. The molecular weight excluding hydrogens is 122 g/mol. The van der Waals surface area contributed by atoms with Gasteiger partial charge in [0.2, 0.25) is 0 Å². The van der Waals surface area contributed by atoms with Crippen LogP contribution in [0.2, 0.25) is 0 Å². The summed E-state index contributed by atoms with van der Waals surface area (Å²) < 4.78 is 4.46. The highest BCUT2D eigenvalue weighted by atomic mass is 16.6. The number of amides is 1. The van der Waals surface area contributed by atoms with Crippen molar-refractivity contribution in [1.29, 1.82) is 0 Å². The van der Waals surface area contributed by atoms with Gasteiger partial charge in [0, 0.05) is 5.76 Å². The highest BCUT2D eigenvalue weighted by Gasteiger charge is 2.13. The van der Waals surface area contributed by atoms with Crippen LogP contribution in [-0.2, 0) is 4.74 Å². The average Bonchev–Trinajstić information content (AvgIpc) is 2.22. The Kier molecular flexibility index (Phi) is 0.606. The van der Waals surface area contributed by atoms with Crippen LogP contribution in [-0.4, -0.2) is 11.9 Å². The standard InChI is InChI=1S/C4N3O2/c8-4-6-3-2(9-4)1-5-7-3/q-1. The molecule has 9 heavy (non-hydrogen) atoms. The number of hydrogen-bond acceptors (Lipinski definition) is 4. The fourth-order valence-corrected chi connectivity index (χ4v) is 0.551. The fourth-order valence-electron chi connectivity index (χ4n) is 0.551. The van der Waals surface area contributed by atoms with E-state index in [1.807, 2.05) is 0 Å². The van der Waals surface area contributed by atoms with Crippen LogP contribution in [0.3, 0.4) is 0 Å². The van der Waals surface area contributed by atoms with Gasteiger partial charge in [-0.05, 0) is 0 Å². The van der Waals surface area contributed by atoms with Crippen LogP contribution in [0.5, 0.6) is 0 Å². The van der Waals surface area contributed by atoms with Gasteiger partial charge in [-0.2, -0.15) is 0 Å². The maximum atomic E-state index is 10.3. The molecule has 0 spiro atoms. The third-order valence-corrected chi connectivity index (χ3v) is 0.886. The molecule has 2 aliphatic heterocycles. The first kappa shape index (κ1) is 4.37. The number of ether oxygens (including phenoxy) is 1. The molecule has 44 valence electrons. The summed E-state index contributed by atoms with van der Waals surface area (Å²) >= 11 is 0. The summed E-state index contributed by atoms with van der Waals surface area (Å²) in [7, 11) is 0. The van der Waals surface area contributed by atoms with E-state index in [-0.39, 0.29) is 11.6 Å². The molecule has 5 heteroatoms. The van der Waals surface area contributed by atoms with E-state index in [1.54, 1.807) is 0 Å². The zero-order chi connectivity index (χ0) is 6.27. The second-order valence-electron chi connectivity index (χ2n) is 1.44. The molecule has 0 aliphatic carbocycles. The molecule has 1 amide bonds. The molecule has 0 aromatic heterocycles. The van der Waals surface area contributed by atoms with Gasteiger partial charge in [0.25, 0.3) is 0 Å². The Bertz CT molecular complexity index is 263. The highest BCUT2D eigenvalue weighted by Crippen LogP contribution is 2.16. The number of fused-ring (bicyclic) bond motifs is 1. The summed E-state index contributed by atoms with van der Waals surface area (Å²) in [4.78, 5) is 13.6. The number of azo groups is 1. The van der Waals surface area contributed by atoms with E-state index in [1.165, 1.54) is 0 Å². The Hall–Kier alpha value is -1.52. The van der Waals surface area contributed by atoms with E-state index in [0.717, 1.165) is 0 Å². The molecule has 0 unspecified atom stereocenters. The van der Waals surface area contributed by atoms with E-state index < -0.39 is 6.09 Å². The van der Waals surface area contributed by atoms with E-state index in [2.05, 4.69) is 26.2 Å². The van der Waals surface area contributed by atoms with Gasteiger partial charge in [0.1, 0.15) is 0 Å². The van der Waals surface area contributed by atoms with Crippen molar-refractivity contribution in [2.24, 2.45) is 15.2 Å². The lowest BCUT2D eigenvalue weighted by Crippen LogP contribution is -1.89. The summed E-state index contributed by atoms with van der Waals surface area (Å²) in [5, 5.41) is 6.76. The van der Waals surface area contributed by atoms with Crippen LogP contribution in [0, 0.1) is 6.20 Å². The molecule has 2 heterocycles. The van der Waals surface area contributed by atoms with E-state index in [0.29, 0.717) is 0 Å². The summed E-state index contributed by atoms with van der Waals surface area (Å²) in [6.45, 7) is 0. The number of carbonyl (C=O) groups is 1. The van der Waals surface area contributed by atoms with Gasteiger partial charge in [-0.15, -0.1) is 0 Å². The molecule has 0 N–H and O–H groups in total. The predicted molar refractivity (Wildman–Crippen MR) is 25.5 cm³/mol. The van der Waals surface area contributed by atoms with Crippen molar-refractivity contribution in [3.63, 3.8) is 0 Å². The maximum absolute atomic E-state index is 10.3. The third-order valence-electron chi connectivity index (χ3n) is 0.886. The Morgan fingerprint density at radius 2 is 2.44 bits per heavy atom. The van der Waals surface area contributed by atoms with Crippen molar-refractivity contribution in [3.05, 3.63) is 12.0 Å². The zero-order valence-electron chi connectivity index (χ0n) is 4.16. The zero-order valence-corrected chi connectivity index (χ0v) is 4.16. The Labute approximate surface area is 49.7 Å². The molecule has 0 saturated heterocycles. The van der Waals surface area contributed by atoms with Crippen molar-refractivity contribution in [3.8, 4) is 0 Å². The van der Waals surface area contributed by atoms with Crippen molar-refractivity contribution >= 4 is 11.9 Å². The lowest BCUT2D eigenvalue weighted by atomic mass is 10.5. The highest BCUT2D eigenvalue weighted by molar-refractivity contribution is 6.08. The van der Waals surface area contributed by atoms with Gasteiger partial charge >= 0.3 is 6.09 Å². The van der Waals surface area contributed by atoms with Gasteiger partial charge in [-0.3, -0.25) is 5.11 Å². The Balaban J connectivity index is 2.51. The molecule has 0 aromatic rings. The predicted octanol–water partition coefficient (Wildman–Crippen LogP) is 0.645. The minimum atomic E-state index is -0.647. The lowest BCUT2D eigenvalue weighted by Gasteiger charge is -1.94. The molecule has 5 nitrogen and oxygen atoms in total. The molecule has 0 atom stereocenters. The van der Waals surface area contributed by atoms with Crippen LogP contribution in [0.1, 0.15) is 0 Å². The van der Waals surface area contributed by atoms with Crippen molar-refractivity contribution in [1.82, 2.24) is 0 Å². The SMILES string of the molecule is O=C1N=C2N=N[C-]=C2O1. The molecule has 2 rings (SSSR count). The Morgan fingerprint density at radius 3 is 3.22 bits per heavy atom. The summed E-state index contributed by atoms with van der Waals surface area (Å²) in [5.74, 6) is 0.444. The number of aliphatic imine (C=N–C) groups is 1. The average molecular weight is 122 g/mol. The first-order valence-electron chi connectivity index (χ1n) is 2.21. The molecular formula is C4N3O2-. The van der Waals surface area contributed by atoms with Gasteiger partial charge in [0.05, 0.1) is 5.84 Å². The lowest BCUT2D eigenvalue weighted by molar-refractivity contribution is 0.197. The minimum Gasteiger partial charge on any atom is -0.444 e. The third kappa shape index (κ3) is 0.479. The summed E-state index contributed by atoms with van der Waals surface area (Å²) in [6.07, 6.45) is 1.70. The van der Waals surface area contributed by atoms with Gasteiger partial charge in [-0.1, -0.05) is 6.20 Å². The second kappa shape index (κ2) is 1.25. The first-order valence-corrected chi connectivity index (χ1v) is 2.21. The van der Waals surface area contributed by atoms with Crippen molar-refractivity contribution < 1.29 is 9.53 Å². The van der Waals surface area contributed by atoms with Crippen LogP contribution in [0.15, 0.2) is 21.0 Å². The van der Waals surface area contributed by atoms with Crippen LogP contribution in [0.25, 0.3) is 0 Å². The fraction of sp³-hybridized carbons (Fsp3) is 0. The molecule has 0 fully saturated rings. The normalized spacial score (nSPS) is 21.1. The Morgan fingerprint density at radius 1 is 1.56 bits per heavy atom. The van der Waals surface area contributed by atoms with Crippen LogP contribution < -0.4 is 0 Å². The molecule has 0 radical (unpaired) electrons. The quantitative estimate of drug-likeness (QED) is 0.442. The molecule has 0 aromatic carbocycles. The number of nitrogens with zero attached hydrogens (tertiary/aromatic N) is 3. The summed E-state index contributed by atoms with van der Waals surface area (Å²) in [6, 6.07) is 0. The van der Waals surface area contributed by atoms with Gasteiger partial charge in [-0.25, -0.2) is 14.9 Å². The number of hydrogen-bond donors (Lipinski definition) is 0. The maximum Gasteiger partial charge on any atom is 0.420 e. The van der Waals surface area contributed by atoms with E-state index >= 15 is 0 Å². The number of amidine groups is 1. The molecule has 0 bridgehead atoms.